The number of ether oxygens (including phenoxy) is 2. The van der Waals surface area contributed by atoms with Crippen LogP contribution in [0.1, 0.15) is 16.7 Å². The van der Waals surface area contributed by atoms with E-state index in [9.17, 15) is 4.79 Å². The van der Waals surface area contributed by atoms with E-state index < -0.39 is 0 Å². The predicted molar refractivity (Wildman–Crippen MR) is 69.9 cm³/mol. The second-order valence-corrected chi connectivity index (χ2v) is 4.00. The molecule has 5 heteroatoms. The second kappa shape index (κ2) is 6.26. The van der Waals surface area contributed by atoms with E-state index in [0.29, 0.717) is 0 Å². The van der Waals surface area contributed by atoms with E-state index in [-0.39, 0.29) is 12.3 Å². The van der Waals surface area contributed by atoms with Crippen molar-refractivity contribution in [3.05, 3.63) is 22.8 Å². The third-order valence-electron chi connectivity index (χ3n) is 2.91. The lowest BCUT2D eigenvalue weighted by Crippen LogP contribution is -2.35. The summed E-state index contributed by atoms with van der Waals surface area (Å²) in [7, 11) is 4.87. The molecule has 0 aliphatic carbocycles. The molecule has 1 rings (SSSR count). The van der Waals surface area contributed by atoms with Crippen LogP contribution in [0.5, 0.6) is 11.5 Å². The maximum atomic E-state index is 11.6. The topological polar surface area (TPSA) is 59.6 Å². The van der Waals surface area contributed by atoms with E-state index in [4.69, 9.17) is 9.47 Å². The number of hydrazine groups is 1. The first-order chi connectivity index (χ1) is 8.54. The number of rotatable bonds is 5. The summed E-state index contributed by atoms with van der Waals surface area (Å²) in [4.78, 5) is 11.6. The Kier molecular flexibility index (Phi) is 4.97. The first-order valence-corrected chi connectivity index (χ1v) is 5.71. The van der Waals surface area contributed by atoms with E-state index >= 15 is 0 Å². The van der Waals surface area contributed by atoms with Gasteiger partial charge in [-0.2, -0.15) is 0 Å². The van der Waals surface area contributed by atoms with Gasteiger partial charge in [-0.1, -0.05) is 0 Å². The quantitative estimate of drug-likeness (QED) is 0.771. The molecule has 0 atom stereocenters. The number of benzene rings is 1. The smallest absolute Gasteiger partial charge is 0.238 e. The fourth-order valence-electron chi connectivity index (χ4n) is 1.91. The molecular formula is C13H20N2O3. The zero-order valence-corrected chi connectivity index (χ0v) is 11.5. The molecule has 0 heterocycles. The molecule has 0 saturated carbocycles. The van der Waals surface area contributed by atoms with E-state index in [0.717, 1.165) is 28.2 Å². The first-order valence-electron chi connectivity index (χ1n) is 5.71. The zero-order chi connectivity index (χ0) is 13.7. The van der Waals surface area contributed by atoms with Crippen molar-refractivity contribution in [2.24, 2.45) is 0 Å². The summed E-state index contributed by atoms with van der Waals surface area (Å²) in [6.07, 6.45) is 0.238. The lowest BCUT2D eigenvalue weighted by Gasteiger charge is -2.16. The lowest BCUT2D eigenvalue weighted by molar-refractivity contribution is -0.121. The standard InChI is InChI=1S/C13H20N2O3/c1-8-9(2)13(18-5)10(6-11(8)17-4)7-12(16)15-14-3/h6,14H,7H2,1-5H3,(H,15,16). The number of hydrogen-bond donors (Lipinski definition) is 2. The number of hydrogen-bond acceptors (Lipinski definition) is 4. The van der Waals surface area contributed by atoms with Crippen molar-refractivity contribution in [1.29, 1.82) is 0 Å². The molecule has 0 aliphatic heterocycles. The largest absolute Gasteiger partial charge is 0.496 e. The van der Waals surface area contributed by atoms with Crippen LogP contribution >= 0.6 is 0 Å². The van der Waals surface area contributed by atoms with Crippen LogP contribution in [0.3, 0.4) is 0 Å². The van der Waals surface area contributed by atoms with Crippen molar-refractivity contribution in [3.8, 4) is 11.5 Å². The summed E-state index contributed by atoms with van der Waals surface area (Å²) in [5.41, 5.74) is 7.96. The number of carbonyl (C=O) groups excluding carboxylic acids is 1. The highest BCUT2D eigenvalue weighted by Crippen LogP contribution is 2.33. The van der Waals surface area contributed by atoms with Gasteiger partial charge in [0.1, 0.15) is 11.5 Å². The zero-order valence-electron chi connectivity index (χ0n) is 11.5. The Labute approximate surface area is 107 Å². The normalized spacial score (nSPS) is 10.1. The Bertz CT molecular complexity index is 444. The van der Waals surface area contributed by atoms with Gasteiger partial charge in [0.2, 0.25) is 5.91 Å². The number of carbonyl (C=O) groups is 1. The summed E-state index contributed by atoms with van der Waals surface area (Å²) in [5, 5.41) is 0. The van der Waals surface area contributed by atoms with Crippen LogP contribution in [0.4, 0.5) is 0 Å². The molecule has 18 heavy (non-hydrogen) atoms. The number of methoxy groups -OCH3 is 2. The molecule has 0 aromatic heterocycles. The molecule has 0 fully saturated rings. The van der Waals surface area contributed by atoms with E-state index in [1.54, 1.807) is 21.3 Å². The molecule has 0 bridgehead atoms. The highest BCUT2D eigenvalue weighted by atomic mass is 16.5. The molecule has 0 radical (unpaired) electrons. The van der Waals surface area contributed by atoms with E-state index in [1.165, 1.54) is 0 Å². The Balaban J connectivity index is 3.16. The van der Waals surface area contributed by atoms with Crippen LogP contribution in [0.2, 0.25) is 0 Å². The average Bonchev–Trinajstić information content (AvgIpc) is 2.34. The minimum absolute atomic E-state index is 0.124. The van der Waals surface area contributed by atoms with E-state index in [1.807, 2.05) is 19.9 Å². The third kappa shape index (κ3) is 2.92. The maximum Gasteiger partial charge on any atom is 0.238 e. The molecule has 1 aromatic carbocycles. The summed E-state index contributed by atoms with van der Waals surface area (Å²) >= 11 is 0. The van der Waals surface area contributed by atoms with Crippen molar-refractivity contribution >= 4 is 5.91 Å². The van der Waals surface area contributed by atoms with Crippen LogP contribution in [0.25, 0.3) is 0 Å². The van der Waals surface area contributed by atoms with Crippen LogP contribution in [-0.2, 0) is 11.2 Å². The van der Waals surface area contributed by atoms with Crippen molar-refractivity contribution < 1.29 is 14.3 Å². The first kappa shape index (κ1) is 14.3. The predicted octanol–water partition coefficient (Wildman–Crippen LogP) is 1.11. The highest BCUT2D eigenvalue weighted by Gasteiger charge is 2.15. The SMILES string of the molecule is CNNC(=O)Cc1cc(OC)c(C)c(C)c1OC. The fraction of sp³-hybridized carbons (Fsp3) is 0.462. The van der Waals surface area contributed by atoms with Gasteiger partial charge in [-0.25, -0.2) is 5.43 Å². The minimum atomic E-state index is -0.124. The van der Waals surface area contributed by atoms with Crippen molar-refractivity contribution in [1.82, 2.24) is 10.9 Å². The van der Waals surface area contributed by atoms with Gasteiger partial charge < -0.3 is 9.47 Å². The van der Waals surface area contributed by atoms with Gasteiger partial charge >= 0.3 is 0 Å². The van der Waals surface area contributed by atoms with Gasteiger partial charge in [0, 0.05) is 12.6 Å². The van der Waals surface area contributed by atoms with Gasteiger partial charge in [-0.3, -0.25) is 10.2 Å². The van der Waals surface area contributed by atoms with Crippen molar-refractivity contribution in [2.75, 3.05) is 21.3 Å². The second-order valence-electron chi connectivity index (χ2n) is 4.00. The van der Waals surface area contributed by atoms with Gasteiger partial charge in [0.15, 0.2) is 0 Å². The Hall–Kier alpha value is -1.75. The molecular weight excluding hydrogens is 232 g/mol. The molecule has 100 valence electrons. The highest BCUT2D eigenvalue weighted by molar-refractivity contribution is 5.79. The van der Waals surface area contributed by atoms with Gasteiger partial charge in [-0.05, 0) is 31.0 Å². The van der Waals surface area contributed by atoms with Crippen LogP contribution in [-0.4, -0.2) is 27.2 Å². The molecule has 0 aliphatic rings. The molecule has 5 nitrogen and oxygen atoms in total. The van der Waals surface area contributed by atoms with Gasteiger partial charge in [0.05, 0.1) is 20.6 Å². The summed E-state index contributed by atoms with van der Waals surface area (Å²) < 4.78 is 10.7. The Morgan fingerprint density at radius 1 is 1.22 bits per heavy atom. The van der Waals surface area contributed by atoms with Crippen LogP contribution < -0.4 is 20.3 Å². The van der Waals surface area contributed by atoms with Gasteiger partial charge in [0.25, 0.3) is 0 Å². The summed E-state index contributed by atoms with van der Waals surface area (Å²) in [6, 6.07) is 1.84. The van der Waals surface area contributed by atoms with Crippen LogP contribution in [0, 0.1) is 13.8 Å². The molecule has 1 amide bonds. The fourth-order valence-corrected chi connectivity index (χ4v) is 1.91. The van der Waals surface area contributed by atoms with E-state index in [2.05, 4.69) is 10.9 Å². The average molecular weight is 252 g/mol. The van der Waals surface area contributed by atoms with Gasteiger partial charge in [-0.15, -0.1) is 0 Å². The molecule has 0 unspecified atom stereocenters. The number of nitrogens with one attached hydrogen (secondary N) is 2. The Morgan fingerprint density at radius 3 is 2.39 bits per heavy atom. The summed E-state index contributed by atoms with van der Waals surface area (Å²) in [6.45, 7) is 3.92. The monoisotopic (exact) mass is 252 g/mol. The van der Waals surface area contributed by atoms with Crippen LogP contribution in [0.15, 0.2) is 6.07 Å². The maximum absolute atomic E-state index is 11.6. The molecule has 0 spiro atoms. The van der Waals surface area contributed by atoms with Crippen molar-refractivity contribution in [2.45, 2.75) is 20.3 Å². The molecule has 0 saturated heterocycles. The summed E-state index contributed by atoms with van der Waals surface area (Å²) in [5.74, 6) is 1.38. The molecule has 2 N–H and O–H groups in total. The van der Waals surface area contributed by atoms with Crippen molar-refractivity contribution in [3.63, 3.8) is 0 Å². The minimum Gasteiger partial charge on any atom is -0.496 e. The third-order valence-corrected chi connectivity index (χ3v) is 2.91. The molecule has 1 aromatic rings. The Morgan fingerprint density at radius 2 is 1.89 bits per heavy atom. The number of amides is 1. The lowest BCUT2D eigenvalue weighted by atomic mass is 10.0.